The Morgan fingerprint density at radius 1 is 1.06 bits per heavy atom. The average Bonchev–Trinajstić information content (AvgIpc) is 2.79. The van der Waals surface area contributed by atoms with Crippen LogP contribution in [0.5, 0.6) is 5.75 Å². The zero-order chi connectivity index (χ0) is 22.7. The summed E-state index contributed by atoms with van der Waals surface area (Å²) in [6, 6.07) is 18.5. The fraction of sp³-hybridized carbons (Fsp3) is 0.333. The van der Waals surface area contributed by atoms with Crippen molar-refractivity contribution in [1.29, 1.82) is 0 Å². The van der Waals surface area contributed by atoms with Crippen molar-refractivity contribution in [3.05, 3.63) is 71.2 Å². The summed E-state index contributed by atoms with van der Waals surface area (Å²) < 4.78 is 33.0. The van der Waals surface area contributed by atoms with Gasteiger partial charge in [0.05, 0.1) is 36.1 Å². The standard InChI is InChI=1S/C24H27ClN2O4S/c1-18-6-9-21(10-7-18)32(29,30)27-14-12-26(13-15-27)16-20(28)17-31-23-11-8-19-4-2-3-5-22(19)24(23)25/h2-11,20,28H,12-17H2,1H3/p+1. The van der Waals surface area contributed by atoms with Crippen molar-refractivity contribution in [3.8, 4) is 5.75 Å². The Hall–Kier alpha value is -2.16. The largest absolute Gasteiger partial charge is 0.489 e. The number of rotatable bonds is 7. The van der Waals surface area contributed by atoms with Crippen molar-refractivity contribution in [2.45, 2.75) is 17.9 Å². The van der Waals surface area contributed by atoms with Crippen molar-refractivity contribution >= 4 is 32.4 Å². The quantitative estimate of drug-likeness (QED) is 0.549. The van der Waals surface area contributed by atoms with Crippen LogP contribution in [0, 0.1) is 6.92 Å². The number of quaternary nitrogens is 1. The highest BCUT2D eigenvalue weighted by atomic mass is 35.5. The zero-order valence-corrected chi connectivity index (χ0v) is 19.6. The van der Waals surface area contributed by atoms with Crippen molar-refractivity contribution in [3.63, 3.8) is 0 Å². The van der Waals surface area contributed by atoms with Gasteiger partial charge in [-0.3, -0.25) is 0 Å². The molecule has 4 rings (SSSR count). The first-order valence-electron chi connectivity index (χ1n) is 10.7. The Balaban J connectivity index is 1.29. The van der Waals surface area contributed by atoms with Crippen LogP contribution in [0.3, 0.4) is 0 Å². The van der Waals surface area contributed by atoms with Crippen molar-refractivity contribution in [1.82, 2.24) is 4.31 Å². The lowest BCUT2D eigenvalue weighted by atomic mass is 10.1. The molecular weight excluding hydrogens is 448 g/mol. The van der Waals surface area contributed by atoms with E-state index >= 15 is 0 Å². The monoisotopic (exact) mass is 475 g/mol. The Morgan fingerprint density at radius 3 is 2.47 bits per heavy atom. The fourth-order valence-corrected chi connectivity index (χ4v) is 5.74. The lowest BCUT2D eigenvalue weighted by Crippen LogP contribution is -3.15. The maximum absolute atomic E-state index is 12.8. The number of hydrogen-bond acceptors (Lipinski definition) is 4. The van der Waals surface area contributed by atoms with Crippen LogP contribution in [-0.4, -0.2) is 63.3 Å². The number of fused-ring (bicyclic) bond motifs is 1. The van der Waals surface area contributed by atoms with Gasteiger partial charge in [-0.05, 0) is 30.5 Å². The van der Waals surface area contributed by atoms with Crippen LogP contribution in [0.25, 0.3) is 10.8 Å². The first-order chi connectivity index (χ1) is 15.3. The average molecular weight is 476 g/mol. The molecule has 1 unspecified atom stereocenters. The van der Waals surface area contributed by atoms with Gasteiger partial charge in [0.2, 0.25) is 10.0 Å². The van der Waals surface area contributed by atoms with E-state index in [0.29, 0.717) is 48.4 Å². The number of nitrogens with zero attached hydrogens (tertiary/aromatic N) is 1. The molecule has 1 aliphatic heterocycles. The lowest BCUT2D eigenvalue weighted by molar-refractivity contribution is -0.906. The predicted octanol–water partition coefficient (Wildman–Crippen LogP) is 2.13. The molecule has 3 aromatic carbocycles. The van der Waals surface area contributed by atoms with E-state index in [0.717, 1.165) is 21.2 Å². The number of benzene rings is 3. The third kappa shape index (κ3) is 5.08. The van der Waals surface area contributed by atoms with Crippen molar-refractivity contribution in [2.24, 2.45) is 0 Å². The summed E-state index contributed by atoms with van der Waals surface area (Å²) in [5, 5.41) is 13.0. The molecule has 6 nitrogen and oxygen atoms in total. The number of ether oxygens (including phenoxy) is 1. The van der Waals surface area contributed by atoms with E-state index < -0.39 is 16.1 Å². The SMILES string of the molecule is Cc1ccc(S(=O)(=O)N2CC[NH+](CC(O)COc3ccc4ccccc4c3Cl)CC2)cc1. The van der Waals surface area contributed by atoms with Gasteiger partial charge in [-0.15, -0.1) is 0 Å². The molecule has 0 amide bonds. The first-order valence-corrected chi connectivity index (χ1v) is 12.5. The third-order valence-electron chi connectivity index (χ3n) is 5.87. The highest BCUT2D eigenvalue weighted by Gasteiger charge is 2.31. The molecule has 32 heavy (non-hydrogen) atoms. The van der Waals surface area contributed by atoms with Crippen molar-refractivity contribution in [2.75, 3.05) is 39.3 Å². The van der Waals surface area contributed by atoms with Gasteiger partial charge < -0.3 is 14.7 Å². The minimum atomic E-state index is -3.48. The van der Waals surface area contributed by atoms with E-state index in [1.54, 1.807) is 12.1 Å². The van der Waals surface area contributed by atoms with E-state index in [4.69, 9.17) is 16.3 Å². The van der Waals surface area contributed by atoms with Crippen LogP contribution in [-0.2, 0) is 10.0 Å². The van der Waals surface area contributed by atoms with Gasteiger partial charge in [0, 0.05) is 5.39 Å². The molecule has 1 saturated heterocycles. The maximum atomic E-state index is 12.8. The van der Waals surface area contributed by atoms with Crippen LogP contribution < -0.4 is 9.64 Å². The molecule has 0 bridgehead atoms. The number of halogens is 1. The molecule has 0 aromatic heterocycles. The summed E-state index contributed by atoms with van der Waals surface area (Å²) in [6.45, 7) is 4.68. The highest BCUT2D eigenvalue weighted by molar-refractivity contribution is 7.89. The highest BCUT2D eigenvalue weighted by Crippen LogP contribution is 2.32. The minimum absolute atomic E-state index is 0.132. The molecule has 1 aliphatic rings. The molecule has 0 saturated carbocycles. The molecule has 2 N–H and O–H groups in total. The molecule has 0 radical (unpaired) electrons. The van der Waals surface area contributed by atoms with Crippen LogP contribution in [0.15, 0.2) is 65.6 Å². The van der Waals surface area contributed by atoms with Crippen LogP contribution in [0.1, 0.15) is 5.56 Å². The molecule has 8 heteroatoms. The number of hydrogen-bond donors (Lipinski definition) is 2. The molecule has 0 aliphatic carbocycles. The molecule has 1 atom stereocenters. The maximum Gasteiger partial charge on any atom is 0.243 e. The topological polar surface area (TPSA) is 71.3 Å². The van der Waals surface area contributed by atoms with Crippen molar-refractivity contribution < 1.29 is 23.2 Å². The third-order valence-corrected chi connectivity index (χ3v) is 8.17. The molecule has 170 valence electrons. The number of sulfonamides is 1. The van der Waals surface area contributed by atoms with Crippen LogP contribution >= 0.6 is 11.6 Å². The van der Waals surface area contributed by atoms with Gasteiger partial charge in [-0.1, -0.05) is 59.6 Å². The van der Waals surface area contributed by atoms with Crippen LogP contribution in [0.2, 0.25) is 5.02 Å². The van der Waals surface area contributed by atoms with E-state index in [9.17, 15) is 13.5 Å². The summed E-state index contributed by atoms with van der Waals surface area (Å²) in [6.07, 6.45) is -0.673. The van der Waals surface area contributed by atoms with Gasteiger partial charge >= 0.3 is 0 Å². The van der Waals surface area contributed by atoms with Gasteiger partial charge in [-0.2, -0.15) is 4.31 Å². The van der Waals surface area contributed by atoms with E-state index in [1.807, 2.05) is 55.5 Å². The number of piperazine rings is 1. The van der Waals surface area contributed by atoms with E-state index in [2.05, 4.69) is 0 Å². The van der Waals surface area contributed by atoms with E-state index in [1.165, 1.54) is 4.31 Å². The predicted molar refractivity (Wildman–Crippen MR) is 126 cm³/mol. The zero-order valence-electron chi connectivity index (χ0n) is 18.0. The molecule has 0 spiro atoms. The molecular formula is C24H28ClN2O4S+. The summed E-state index contributed by atoms with van der Waals surface area (Å²) in [5.74, 6) is 0.549. The second-order valence-electron chi connectivity index (χ2n) is 8.23. The normalized spacial score (nSPS) is 16.8. The summed E-state index contributed by atoms with van der Waals surface area (Å²) in [4.78, 5) is 1.48. The van der Waals surface area contributed by atoms with Gasteiger partial charge in [0.15, 0.2) is 0 Å². The number of aliphatic hydroxyl groups is 1. The molecule has 1 fully saturated rings. The Bertz CT molecular complexity index is 1180. The Labute approximate surface area is 194 Å². The number of aryl methyl sites for hydroxylation is 1. The summed E-state index contributed by atoms with van der Waals surface area (Å²) >= 11 is 6.46. The fourth-order valence-electron chi connectivity index (χ4n) is 4.01. The molecule has 3 aromatic rings. The van der Waals surface area contributed by atoms with Gasteiger partial charge in [0.1, 0.15) is 25.0 Å². The smallest absolute Gasteiger partial charge is 0.243 e. The summed E-state index contributed by atoms with van der Waals surface area (Å²) in [7, 11) is -3.48. The number of aliphatic hydroxyl groups excluding tert-OH is 1. The second kappa shape index (κ2) is 9.77. The van der Waals surface area contributed by atoms with E-state index in [-0.39, 0.29) is 6.61 Å². The van der Waals surface area contributed by atoms with Gasteiger partial charge in [0.25, 0.3) is 0 Å². The second-order valence-corrected chi connectivity index (χ2v) is 10.6. The summed E-state index contributed by atoms with van der Waals surface area (Å²) in [5.41, 5.74) is 1.03. The Kier molecular flexibility index (Phi) is 7.02. The Morgan fingerprint density at radius 2 is 1.75 bits per heavy atom. The lowest BCUT2D eigenvalue weighted by Gasteiger charge is -2.32. The minimum Gasteiger partial charge on any atom is -0.489 e. The van der Waals surface area contributed by atoms with Gasteiger partial charge in [-0.25, -0.2) is 8.42 Å². The van der Waals surface area contributed by atoms with Crippen LogP contribution in [0.4, 0.5) is 0 Å². The molecule has 1 heterocycles. The first kappa shape index (κ1) is 23.0. The number of nitrogens with one attached hydrogen (secondary N) is 1.